The summed E-state index contributed by atoms with van der Waals surface area (Å²) < 4.78 is 0. The van der Waals surface area contributed by atoms with Crippen molar-refractivity contribution >= 4 is 23.4 Å². The summed E-state index contributed by atoms with van der Waals surface area (Å²) in [6, 6.07) is 8.43. The van der Waals surface area contributed by atoms with Crippen LogP contribution in [-0.2, 0) is 18.1 Å². The molecule has 0 aliphatic carbocycles. The van der Waals surface area contributed by atoms with Crippen LogP contribution >= 0.6 is 11.8 Å². The molecule has 2 aliphatic heterocycles. The van der Waals surface area contributed by atoms with Crippen LogP contribution in [0, 0.1) is 5.92 Å². The minimum atomic E-state index is -0.0200. The van der Waals surface area contributed by atoms with Gasteiger partial charge >= 0.3 is 0 Å². The Morgan fingerprint density at radius 3 is 2.76 bits per heavy atom. The monoisotopic (exact) mass is 356 g/mol. The quantitative estimate of drug-likeness (QED) is 0.878. The van der Waals surface area contributed by atoms with Crippen LogP contribution in [0.25, 0.3) is 0 Å². The summed E-state index contributed by atoms with van der Waals surface area (Å²) in [6.07, 6.45) is 2.60. The summed E-state index contributed by atoms with van der Waals surface area (Å²) in [5.74, 6) is 2.98. The van der Waals surface area contributed by atoms with E-state index in [0.717, 1.165) is 40.9 Å². The highest BCUT2D eigenvalue weighted by molar-refractivity contribution is 7.98. The van der Waals surface area contributed by atoms with Gasteiger partial charge in [-0.05, 0) is 49.5 Å². The van der Waals surface area contributed by atoms with E-state index in [1.807, 2.05) is 0 Å². The number of aromatic amines is 1. The molecule has 1 fully saturated rings. The van der Waals surface area contributed by atoms with Gasteiger partial charge in [0.15, 0.2) is 0 Å². The van der Waals surface area contributed by atoms with E-state index in [9.17, 15) is 4.79 Å². The Morgan fingerprint density at radius 2 is 2.00 bits per heavy atom. The maximum Gasteiger partial charge on any atom is 0.256 e. The zero-order valence-corrected chi connectivity index (χ0v) is 15.4. The number of H-pyrrole nitrogens is 1. The van der Waals surface area contributed by atoms with Crippen molar-refractivity contribution in [1.29, 1.82) is 0 Å². The highest BCUT2D eigenvalue weighted by Gasteiger charge is 2.18. The van der Waals surface area contributed by atoms with Gasteiger partial charge < -0.3 is 5.32 Å². The number of nitrogens with zero attached hydrogens (tertiary/aromatic N) is 2. The Kier molecular flexibility index (Phi) is 4.81. The number of rotatable bonds is 4. The number of thioether (sulfide) groups is 1. The Bertz CT molecular complexity index is 794. The fourth-order valence-electron chi connectivity index (χ4n) is 3.43. The first kappa shape index (κ1) is 16.7. The van der Waals surface area contributed by atoms with Crippen LogP contribution in [-0.4, -0.2) is 28.0 Å². The van der Waals surface area contributed by atoms with Crippen LogP contribution in [0.5, 0.6) is 0 Å². The number of anilines is 2. The molecule has 0 bridgehead atoms. The normalized spacial score (nSPS) is 18.3. The predicted octanol–water partition coefficient (Wildman–Crippen LogP) is 3.49. The first-order chi connectivity index (χ1) is 12.2. The first-order valence-corrected chi connectivity index (χ1v) is 10.1. The second-order valence-electron chi connectivity index (χ2n) is 7.11. The van der Waals surface area contributed by atoms with Gasteiger partial charge in [-0.25, -0.2) is 4.98 Å². The molecular weight excluding hydrogens is 332 g/mol. The van der Waals surface area contributed by atoms with E-state index in [2.05, 4.69) is 51.4 Å². The van der Waals surface area contributed by atoms with Crippen molar-refractivity contribution in [3.63, 3.8) is 0 Å². The molecular formula is C19H24N4OS. The topological polar surface area (TPSA) is 61.0 Å². The number of hydrogen-bond acceptors (Lipinski definition) is 5. The summed E-state index contributed by atoms with van der Waals surface area (Å²) in [4.78, 5) is 22.0. The largest absolute Gasteiger partial charge is 0.326 e. The van der Waals surface area contributed by atoms with Gasteiger partial charge in [0.2, 0.25) is 5.95 Å². The van der Waals surface area contributed by atoms with E-state index in [1.165, 1.54) is 31.5 Å². The van der Waals surface area contributed by atoms with Gasteiger partial charge in [0.05, 0.1) is 5.69 Å². The molecule has 6 heteroatoms. The lowest BCUT2D eigenvalue weighted by molar-refractivity contribution is 0.185. The van der Waals surface area contributed by atoms with Gasteiger partial charge in [-0.3, -0.25) is 14.7 Å². The average molecular weight is 356 g/mol. The predicted molar refractivity (Wildman–Crippen MR) is 103 cm³/mol. The third-order valence-electron chi connectivity index (χ3n) is 5.09. The number of fused-ring (bicyclic) bond motifs is 1. The number of piperidine rings is 1. The summed E-state index contributed by atoms with van der Waals surface area (Å²) in [6.45, 7) is 5.74. The average Bonchev–Trinajstić information content (AvgIpc) is 3.08. The van der Waals surface area contributed by atoms with Gasteiger partial charge in [-0.1, -0.05) is 19.1 Å². The molecule has 1 saturated heterocycles. The van der Waals surface area contributed by atoms with Crippen LogP contribution in [0.15, 0.2) is 29.1 Å². The molecule has 2 aromatic rings. The molecule has 0 spiro atoms. The number of benzene rings is 1. The van der Waals surface area contributed by atoms with Crippen LogP contribution in [0.3, 0.4) is 0 Å². The Balaban J connectivity index is 1.41. The van der Waals surface area contributed by atoms with Gasteiger partial charge in [0, 0.05) is 29.3 Å². The molecule has 2 aliphatic rings. The van der Waals surface area contributed by atoms with Crippen molar-refractivity contribution in [2.45, 2.75) is 37.8 Å². The van der Waals surface area contributed by atoms with Crippen molar-refractivity contribution in [3.05, 3.63) is 51.4 Å². The Labute approximate surface area is 152 Å². The fraction of sp³-hybridized carbons (Fsp3) is 0.474. The fourth-order valence-corrected chi connectivity index (χ4v) is 4.47. The SMILES string of the molecule is CC1CCN(Cc2ccc(Nc3nc4c(c(=O)[nH]3)CSC4)cc2)CC1. The smallest absolute Gasteiger partial charge is 0.256 e. The van der Waals surface area contributed by atoms with Crippen LogP contribution in [0.1, 0.15) is 36.6 Å². The lowest BCUT2D eigenvalue weighted by atomic mass is 9.99. The minimum absolute atomic E-state index is 0.0200. The molecule has 5 nitrogen and oxygen atoms in total. The number of likely N-dealkylation sites (tertiary alicyclic amines) is 1. The van der Waals surface area contributed by atoms with E-state index < -0.39 is 0 Å². The lowest BCUT2D eigenvalue weighted by Crippen LogP contribution is -2.32. The minimum Gasteiger partial charge on any atom is -0.326 e. The molecule has 0 saturated carbocycles. The summed E-state index contributed by atoms with van der Waals surface area (Å²) >= 11 is 1.74. The summed E-state index contributed by atoms with van der Waals surface area (Å²) in [7, 11) is 0. The zero-order chi connectivity index (χ0) is 17.2. The molecule has 2 N–H and O–H groups in total. The molecule has 1 aromatic carbocycles. The van der Waals surface area contributed by atoms with Crippen molar-refractivity contribution in [2.75, 3.05) is 18.4 Å². The summed E-state index contributed by atoms with van der Waals surface area (Å²) in [5, 5.41) is 3.22. The first-order valence-electron chi connectivity index (χ1n) is 8.95. The third kappa shape index (κ3) is 3.90. The van der Waals surface area contributed by atoms with E-state index in [0.29, 0.717) is 5.95 Å². The van der Waals surface area contributed by atoms with Gasteiger partial charge in [-0.15, -0.1) is 0 Å². The standard InChI is InChI=1S/C19H24N4OS/c1-13-6-8-23(9-7-13)10-14-2-4-15(5-3-14)20-19-21-17-12-25-11-16(17)18(24)22-19/h2-5,13H,6-12H2,1H3,(H2,20,21,22,24). The van der Waals surface area contributed by atoms with E-state index >= 15 is 0 Å². The van der Waals surface area contributed by atoms with E-state index in [-0.39, 0.29) is 5.56 Å². The van der Waals surface area contributed by atoms with E-state index in [4.69, 9.17) is 0 Å². The highest BCUT2D eigenvalue weighted by Crippen LogP contribution is 2.26. The maximum absolute atomic E-state index is 12.1. The lowest BCUT2D eigenvalue weighted by Gasteiger charge is -2.30. The van der Waals surface area contributed by atoms with Crippen LogP contribution in [0.4, 0.5) is 11.6 Å². The molecule has 4 rings (SSSR count). The van der Waals surface area contributed by atoms with E-state index in [1.54, 1.807) is 11.8 Å². The Morgan fingerprint density at radius 1 is 1.24 bits per heavy atom. The van der Waals surface area contributed by atoms with Crippen molar-refractivity contribution in [3.8, 4) is 0 Å². The molecule has 0 radical (unpaired) electrons. The van der Waals surface area contributed by atoms with Crippen LogP contribution < -0.4 is 10.9 Å². The second-order valence-corrected chi connectivity index (χ2v) is 8.10. The number of nitrogens with one attached hydrogen (secondary N) is 2. The van der Waals surface area contributed by atoms with Crippen molar-refractivity contribution in [1.82, 2.24) is 14.9 Å². The van der Waals surface area contributed by atoms with Gasteiger partial charge in [0.25, 0.3) is 5.56 Å². The third-order valence-corrected chi connectivity index (χ3v) is 6.06. The molecule has 1 aromatic heterocycles. The molecule has 0 amide bonds. The molecule has 0 unspecified atom stereocenters. The zero-order valence-electron chi connectivity index (χ0n) is 14.5. The van der Waals surface area contributed by atoms with Crippen molar-refractivity contribution < 1.29 is 0 Å². The number of aromatic nitrogens is 2. The van der Waals surface area contributed by atoms with Gasteiger partial charge in [0.1, 0.15) is 0 Å². The van der Waals surface area contributed by atoms with Crippen molar-refractivity contribution in [2.24, 2.45) is 5.92 Å². The second kappa shape index (κ2) is 7.22. The number of hydrogen-bond donors (Lipinski definition) is 2. The maximum atomic E-state index is 12.1. The molecule has 132 valence electrons. The molecule has 3 heterocycles. The Hall–Kier alpha value is -1.79. The van der Waals surface area contributed by atoms with Gasteiger partial charge in [-0.2, -0.15) is 11.8 Å². The van der Waals surface area contributed by atoms with Crippen LogP contribution in [0.2, 0.25) is 0 Å². The highest BCUT2D eigenvalue weighted by atomic mass is 32.2. The molecule has 25 heavy (non-hydrogen) atoms. The summed E-state index contributed by atoms with van der Waals surface area (Å²) in [5.41, 5.74) is 3.99. The molecule has 0 atom stereocenters.